The first-order chi connectivity index (χ1) is 13.3. The van der Waals surface area contributed by atoms with Crippen LogP contribution in [-0.4, -0.2) is 23.8 Å². The molecule has 0 aliphatic carbocycles. The topological polar surface area (TPSA) is 91.3 Å². The van der Waals surface area contributed by atoms with Crippen LogP contribution in [0.25, 0.3) is 6.08 Å². The Labute approximate surface area is 159 Å². The van der Waals surface area contributed by atoms with Gasteiger partial charge in [-0.05, 0) is 42.0 Å². The number of cyclic esters (lactones) is 1. The molecule has 0 saturated carbocycles. The highest BCUT2D eigenvalue weighted by Gasteiger charge is 2.24. The van der Waals surface area contributed by atoms with E-state index in [2.05, 4.69) is 4.99 Å². The smallest absolute Gasteiger partial charge is 0.363 e. The molecule has 1 aliphatic rings. The summed E-state index contributed by atoms with van der Waals surface area (Å²) in [7, 11) is 0. The van der Waals surface area contributed by atoms with E-state index in [1.165, 1.54) is 50.3 Å². The molecule has 0 fully saturated rings. The first-order valence-electron chi connectivity index (χ1n) is 8.11. The molecule has 0 bridgehead atoms. The predicted molar refractivity (Wildman–Crippen MR) is 96.1 cm³/mol. The maximum atomic E-state index is 13.4. The van der Waals surface area contributed by atoms with Crippen LogP contribution in [0.1, 0.15) is 25.0 Å². The number of hydrogen-bond donors (Lipinski definition) is 0. The van der Waals surface area contributed by atoms with E-state index in [9.17, 15) is 18.8 Å². The highest BCUT2D eigenvalue weighted by Crippen LogP contribution is 2.30. The standard InChI is InChI=1S/C20H14FNO6/c1-11(23)26-17-7-6-13(9-18(17)27-12(2)24)8-16-20(25)28-19(22-16)14-4-3-5-15(21)10-14/h3-10H,1-2H3/b16-8+. The van der Waals surface area contributed by atoms with E-state index in [1.807, 2.05) is 0 Å². The van der Waals surface area contributed by atoms with Gasteiger partial charge in [-0.15, -0.1) is 0 Å². The van der Waals surface area contributed by atoms with Gasteiger partial charge >= 0.3 is 17.9 Å². The largest absolute Gasteiger partial charge is 0.423 e. The number of aliphatic imine (C=N–C) groups is 1. The predicted octanol–water partition coefficient (Wildman–Crippen LogP) is 3.02. The van der Waals surface area contributed by atoms with Crippen molar-refractivity contribution < 1.29 is 33.0 Å². The lowest BCUT2D eigenvalue weighted by Gasteiger charge is -2.09. The number of carbonyl (C=O) groups is 3. The lowest BCUT2D eigenvalue weighted by atomic mass is 10.1. The molecule has 3 rings (SSSR count). The summed E-state index contributed by atoms with van der Waals surface area (Å²) >= 11 is 0. The van der Waals surface area contributed by atoms with Gasteiger partial charge in [0.15, 0.2) is 17.2 Å². The number of rotatable bonds is 4. The van der Waals surface area contributed by atoms with E-state index in [0.717, 1.165) is 0 Å². The lowest BCUT2D eigenvalue weighted by molar-refractivity contribution is -0.134. The Morgan fingerprint density at radius 1 is 1.04 bits per heavy atom. The van der Waals surface area contributed by atoms with Gasteiger partial charge in [-0.3, -0.25) is 9.59 Å². The highest BCUT2D eigenvalue weighted by molar-refractivity contribution is 6.12. The van der Waals surface area contributed by atoms with Gasteiger partial charge in [0.1, 0.15) is 5.82 Å². The Morgan fingerprint density at radius 3 is 2.43 bits per heavy atom. The van der Waals surface area contributed by atoms with E-state index in [-0.39, 0.29) is 23.1 Å². The molecule has 0 spiro atoms. The maximum Gasteiger partial charge on any atom is 0.363 e. The zero-order chi connectivity index (χ0) is 20.3. The summed E-state index contributed by atoms with van der Waals surface area (Å²) in [5, 5.41) is 0. The quantitative estimate of drug-likeness (QED) is 0.458. The molecule has 28 heavy (non-hydrogen) atoms. The molecule has 1 aliphatic heterocycles. The summed E-state index contributed by atoms with van der Waals surface area (Å²) < 4.78 is 28.5. The Hall–Kier alpha value is -3.81. The van der Waals surface area contributed by atoms with Crippen molar-refractivity contribution in [1.29, 1.82) is 0 Å². The van der Waals surface area contributed by atoms with Crippen LogP contribution in [0.3, 0.4) is 0 Å². The Morgan fingerprint density at radius 2 is 1.75 bits per heavy atom. The van der Waals surface area contributed by atoms with Crippen LogP contribution in [0.5, 0.6) is 11.5 Å². The zero-order valence-corrected chi connectivity index (χ0v) is 14.9. The first kappa shape index (κ1) is 19.0. The van der Waals surface area contributed by atoms with Crippen molar-refractivity contribution in [2.24, 2.45) is 4.99 Å². The summed E-state index contributed by atoms with van der Waals surface area (Å²) in [6.07, 6.45) is 1.40. The number of esters is 3. The van der Waals surface area contributed by atoms with Crippen LogP contribution < -0.4 is 9.47 Å². The Balaban J connectivity index is 1.94. The summed E-state index contributed by atoms with van der Waals surface area (Å²) in [5.41, 5.74) is 0.749. The fourth-order valence-electron chi connectivity index (χ4n) is 2.40. The summed E-state index contributed by atoms with van der Waals surface area (Å²) in [6.45, 7) is 2.41. The molecule has 7 nitrogen and oxygen atoms in total. The number of ether oxygens (including phenoxy) is 3. The Kier molecular flexibility index (Phi) is 5.30. The van der Waals surface area contributed by atoms with Crippen molar-refractivity contribution in [2.75, 3.05) is 0 Å². The van der Waals surface area contributed by atoms with E-state index in [4.69, 9.17) is 14.2 Å². The van der Waals surface area contributed by atoms with Gasteiger partial charge in [-0.1, -0.05) is 12.1 Å². The first-order valence-corrected chi connectivity index (χ1v) is 8.11. The SMILES string of the molecule is CC(=O)Oc1ccc(/C=C2/N=C(c3cccc(F)c3)OC2=O)cc1OC(C)=O. The minimum absolute atomic E-state index is 0.0118. The lowest BCUT2D eigenvalue weighted by Crippen LogP contribution is -2.07. The zero-order valence-electron chi connectivity index (χ0n) is 14.9. The number of hydrogen-bond acceptors (Lipinski definition) is 7. The van der Waals surface area contributed by atoms with Gasteiger partial charge < -0.3 is 14.2 Å². The molecule has 8 heteroatoms. The van der Waals surface area contributed by atoms with Gasteiger partial charge in [0.25, 0.3) is 0 Å². The van der Waals surface area contributed by atoms with E-state index in [0.29, 0.717) is 11.1 Å². The van der Waals surface area contributed by atoms with Crippen LogP contribution in [0, 0.1) is 5.82 Å². The molecule has 0 N–H and O–H groups in total. The second-order valence-electron chi connectivity index (χ2n) is 5.74. The third-order valence-electron chi connectivity index (χ3n) is 3.47. The number of carbonyl (C=O) groups excluding carboxylic acids is 3. The molecule has 0 unspecified atom stereocenters. The molecule has 1 heterocycles. The number of benzene rings is 2. The molecule has 0 radical (unpaired) electrons. The fourth-order valence-corrected chi connectivity index (χ4v) is 2.40. The van der Waals surface area contributed by atoms with Gasteiger partial charge in [0, 0.05) is 19.4 Å². The summed E-state index contributed by atoms with van der Waals surface area (Å²) in [4.78, 5) is 38.6. The second-order valence-corrected chi connectivity index (χ2v) is 5.74. The third-order valence-corrected chi connectivity index (χ3v) is 3.47. The van der Waals surface area contributed by atoms with E-state index < -0.39 is 23.7 Å². The van der Waals surface area contributed by atoms with Gasteiger partial charge in [-0.2, -0.15) is 0 Å². The minimum atomic E-state index is -0.711. The fraction of sp³-hybridized carbons (Fsp3) is 0.100. The molecule has 2 aromatic rings. The molecule has 0 aromatic heterocycles. The van der Waals surface area contributed by atoms with Gasteiger partial charge in [0.05, 0.1) is 0 Å². The van der Waals surface area contributed by atoms with Crippen molar-refractivity contribution >= 4 is 29.9 Å². The molecule has 2 aromatic carbocycles. The molecule has 0 amide bonds. The number of halogens is 1. The summed E-state index contributed by atoms with van der Waals surface area (Å²) in [6, 6.07) is 9.87. The average molecular weight is 383 g/mol. The van der Waals surface area contributed by atoms with E-state index in [1.54, 1.807) is 12.1 Å². The van der Waals surface area contributed by atoms with Crippen LogP contribution >= 0.6 is 0 Å². The molecular formula is C20H14FNO6. The normalized spacial score (nSPS) is 14.5. The summed E-state index contributed by atoms with van der Waals surface area (Å²) in [5.74, 6) is -2.33. The van der Waals surface area contributed by atoms with Crippen LogP contribution in [0.4, 0.5) is 4.39 Å². The molecular weight excluding hydrogens is 369 g/mol. The number of nitrogens with zero attached hydrogens (tertiary/aromatic N) is 1. The van der Waals surface area contributed by atoms with Gasteiger partial charge in [0.2, 0.25) is 5.90 Å². The van der Waals surface area contributed by atoms with Crippen LogP contribution in [0.15, 0.2) is 53.2 Å². The monoisotopic (exact) mass is 383 g/mol. The van der Waals surface area contributed by atoms with Crippen LogP contribution in [0.2, 0.25) is 0 Å². The molecule has 0 atom stereocenters. The second kappa shape index (κ2) is 7.83. The third kappa shape index (κ3) is 4.47. The van der Waals surface area contributed by atoms with Crippen molar-refractivity contribution in [3.8, 4) is 11.5 Å². The van der Waals surface area contributed by atoms with Gasteiger partial charge in [-0.25, -0.2) is 14.2 Å². The van der Waals surface area contributed by atoms with Crippen molar-refractivity contribution in [2.45, 2.75) is 13.8 Å². The molecule has 0 saturated heterocycles. The maximum absolute atomic E-state index is 13.4. The minimum Gasteiger partial charge on any atom is -0.423 e. The van der Waals surface area contributed by atoms with Crippen molar-refractivity contribution in [3.63, 3.8) is 0 Å². The van der Waals surface area contributed by atoms with Crippen LogP contribution in [-0.2, 0) is 19.1 Å². The van der Waals surface area contributed by atoms with Crippen molar-refractivity contribution in [3.05, 3.63) is 65.1 Å². The van der Waals surface area contributed by atoms with Crippen molar-refractivity contribution in [1.82, 2.24) is 0 Å². The Bertz CT molecular complexity index is 1040. The molecule has 142 valence electrons. The average Bonchev–Trinajstić information content (AvgIpc) is 2.97. The highest BCUT2D eigenvalue weighted by atomic mass is 19.1. The van der Waals surface area contributed by atoms with E-state index >= 15 is 0 Å².